The minimum atomic E-state index is -0.719. The monoisotopic (exact) mass is 387 g/mol. The van der Waals surface area contributed by atoms with Gasteiger partial charge in [0.25, 0.3) is 5.91 Å². The van der Waals surface area contributed by atoms with Crippen LogP contribution >= 0.6 is 0 Å². The minimum Gasteiger partial charge on any atom is -0.493 e. The van der Waals surface area contributed by atoms with Crippen molar-refractivity contribution in [3.63, 3.8) is 0 Å². The van der Waals surface area contributed by atoms with Crippen LogP contribution in [0.4, 0.5) is 5.69 Å². The van der Waals surface area contributed by atoms with Gasteiger partial charge in [-0.1, -0.05) is 6.07 Å². The van der Waals surface area contributed by atoms with E-state index >= 15 is 0 Å². The second-order valence-electron chi connectivity index (χ2n) is 5.46. The molecule has 1 amide bonds. The van der Waals surface area contributed by atoms with Gasteiger partial charge in [0, 0.05) is 5.69 Å². The molecular formula is C20H21NO7. The molecule has 0 aliphatic carbocycles. The predicted molar refractivity (Wildman–Crippen MR) is 101 cm³/mol. The van der Waals surface area contributed by atoms with Crippen LogP contribution in [-0.2, 0) is 14.3 Å². The molecule has 0 saturated carbocycles. The molecule has 0 aliphatic heterocycles. The van der Waals surface area contributed by atoms with E-state index in [4.69, 9.17) is 18.9 Å². The molecule has 2 aromatic rings. The van der Waals surface area contributed by atoms with E-state index in [0.717, 1.165) is 0 Å². The number of benzene rings is 2. The van der Waals surface area contributed by atoms with Crippen molar-refractivity contribution < 1.29 is 33.3 Å². The number of esters is 2. The Morgan fingerprint density at radius 2 is 1.61 bits per heavy atom. The standard InChI is InChI=1S/C20H21NO7/c1-4-27-19(23)13-8-10-14(11-9-13)21-17(22)12-28-20(24)15-6-5-7-16(25-2)18(15)26-3/h5-11H,4,12H2,1-3H3,(H,21,22). The van der Waals surface area contributed by atoms with Crippen molar-refractivity contribution in [1.82, 2.24) is 0 Å². The van der Waals surface area contributed by atoms with Crippen LogP contribution in [0.25, 0.3) is 0 Å². The number of anilines is 1. The normalized spacial score (nSPS) is 9.96. The first-order valence-corrected chi connectivity index (χ1v) is 8.45. The lowest BCUT2D eigenvalue weighted by Gasteiger charge is -2.12. The summed E-state index contributed by atoms with van der Waals surface area (Å²) in [4.78, 5) is 35.9. The maximum absolute atomic E-state index is 12.2. The highest BCUT2D eigenvalue weighted by atomic mass is 16.5. The molecule has 2 rings (SSSR count). The fourth-order valence-corrected chi connectivity index (χ4v) is 2.36. The molecule has 148 valence electrons. The summed E-state index contributed by atoms with van der Waals surface area (Å²) in [5.74, 6) is -1.09. The third-order valence-electron chi connectivity index (χ3n) is 3.64. The number of hydrogen-bond acceptors (Lipinski definition) is 7. The van der Waals surface area contributed by atoms with Crippen LogP contribution in [0, 0.1) is 0 Å². The average Bonchev–Trinajstić information content (AvgIpc) is 2.71. The molecule has 0 radical (unpaired) electrons. The fraction of sp³-hybridized carbons (Fsp3) is 0.250. The summed E-state index contributed by atoms with van der Waals surface area (Å²) in [6, 6.07) is 10.9. The molecule has 0 heterocycles. The summed E-state index contributed by atoms with van der Waals surface area (Å²) in [5, 5.41) is 2.57. The van der Waals surface area contributed by atoms with Gasteiger partial charge in [0.1, 0.15) is 5.56 Å². The van der Waals surface area contributed by atoms with Crippen molar-refractivity contribution in [2.75, 3.05) is 32.8 Å². The third-order valence-corrected chi connectivity index (χ3v) is 3.64. The smallest absolute Gasteiger partial charge is 0.342 e. The van der Waals surface area contributed by atoms with Crippen molar-refractivity contribution in [1.29, 1.82) is 0 Å². The molecule has 2 aromatic carbocycles. The van der Waals surface area contributed by atoms with E-state index in [1.807, 2.05) is 0 Å². The van der Waals surface area contributed by atoms with Gasteiger partial charge in [-0.3, -0.25) is 4.79 Å². The maximum Gasteiger partial charge on any atom is 0.342 e. The van der Waals surface area contributed by atoms with Gasteiger partial charge in [-0.25, -0.2) is 9.59 Å². The van der Waals surface area contributed by atoms with Gasteiger partial charge in [0.05, 0.1) is 26.4 Å². The van der Waals surface area contributed by atoms with E-state index in [1.165, 1.54) is 32.4 Å². The van der Waals surface area contributed by atoms with Gasteiger partial charge in [-0.05, 0) is 43.3 Å². The summed E-state index contributed by atoms with van der Waals surface area (Å²) in [6.45, 7) is 1.51. The molecule has 0 fully saturated rings. The van der Waals surface area contributed by atoms with Crippen LogP contribution in [0.3, 0.4) is 0 Å². The Balaban J connectivity index is 1.94. The van der Waals surface area contributed by atoms with Crippen LogP contribution < -0.4 is 14.8 Å². The third kappa shape index (κ3) is 5.23. The molecular weight excluding hydrogens is 366 g/mol. The molecule has 0 bridgehead atoms. The zero-order chi connectivity index (χ0) is 20.5. The maximum atomic E-state index is 12.2. The van der Waals surface area contributed by atoms with Crippen LogP contribution in [0.15, 0.2) is 42.5 Å². The molecule has 8 nitrogen and oxygen atoms in total. The summed E-state index contributed by atoms with van der Waals surface area (Å²) in [6.07, 6.45) is 0. The number of para-hydroxylation sites is 1. The molecule has 28 heavy (non-hydrogen) atoms. The molecule has 0 atom stereocenters. The Morgan fingerprint density at radius 3 is 2.21 bits per heavy atom. The number of hydrogen-bond donors (Lipinski definition) is 1. The zero-order valence-corrected chi connectivity index (χ0v) is 15.8. The lowest BCUT2D eigenvalue weighted by atomic mass is 10.2. The second kappa shape index (κ2) is 9.96. The number of rotatable bonds is 8. The predicted octanol–water partition coefficient (Wildman–Crippen LogP) is 2.68. The number of methoxy groups -OCH3 is 2. The van der Waals surface area contributed by atoms with E-state index in [-0.39, 0.29) is 17.9 Å². The van der Waals surface area contributed by atoms with E-state index in [2.05, 4.69) is 5.32 Å². The van der Waals surface area contributed by atoms with Crippen LogP contribution in [0.5, 0.6) is 11.5 Å². The van der Waals surface area contributed by atoms with Gasteiger partial charge < -0.3 is 24.3 Å². The largest absolute Gasteiger partial charge is 0.493 e. The number of amides is 1. The van der Waals surface area contributed by atoms with Crippen molar-refractivity contribution >= 4 is 23.5 Å². The van der Waals surface area contributed by atoms with E-state index < -0.39 is 24.5 Å². The molecule has 0 aliphatic rings. The Hall–Kier alpha value is -3.55. The molecule has 8 heteroatoms. The summed E-state index contributed by atoms with van der Waals surface area (Å²) < 4.78 is 20.2. The zero-order valence-electron chi connectivity index (χ0n) is 15.8. The second-order valence-corrected chi connectivity index (χ2v) is 5.46. The van der Waals surface area contributed by atoms with E-state index in [1.54, 1.807) is 31.2 Å². The van der Waals surface area contributed by atoms with Crippen molar-refractivity contribution in [2.24, 2.45) is 0 Å². The van der Waals surface area contributed by atoms with Gasteiger partial charge in [0.2, 0.25) is 0 Å². The lowest BCUT2D eigenvalue weighted by molar-refractivity contribution is -0.119. The Morgan fingerprint density at radius 1 is 0.893 bits per heavy atom. The van der Waals surface area contributed by atoms with Gasteiger partial charge >= 0.3 is 11.9 Å². The minimum absolute atomic E-state index is 0.147. The van der Waals surface area contributed by atoms with E-state index in [9.17, 15) is 14.4 Å². The molecule has 0 unspecified atom stereocenters. The Bertz CT molecular complexity index is 846. The Kier molecular flexibility index (Phi) is 7.38. The van der Waals surface area contributed by atoms with Gasteiger partial charge in [-0.15, -0.1) is 0 Å². The van der Waals surface area contributed by atoms with E-state index in [0.29, 0.717) is 17.0 Å². The topological polar surface area (TPSA) is 100 Å². The Labute approximate surface area is 162 Å². The lowest BCUT2D eigenvalue weighted by Crippen LogP contribution is -2.21. The van der Waals surface area contributed by atoms with Gasteiger partial charge in [0.15, 0.2) is 18.1 Å². The first-order chi connectivity index (χ1) is 13.5. The SMILES string of the molecule is CCOC(=O)c1ccc(NC(=O)COC(=O)c2cccc(OC)c2OC)cc1. The number of ether oxygens (including phenoxy) is 4. The number of nitrogens with one attached hydrogen (secondary N) is 1. The summed E-state index contributed by atoms with van der Waals surface area (Å²) in [7, 11) is 2.86. The van der Waals surface area contributed by atoms with Crippen LogP contribution in [0.1, 0.15) is 27.6 Å². The van der Waals surface area contributed by atoms with Crippen LogP contribution in [-0.4, -0.2) is 45.3 Å². The molecule has 0 saturated heterocycles. The van der Waals surface area contributed by atoms with Gasteiger partial charge in [-0.2, -0.15) is 0 Å². The fourth-order valence-electron chi connectivity index (χ4n) is 2.36. The summed E-state index contributed by atoms with van der Waals surface area (Å²) in [5.41, 5.74) is 0.970. The van der Waals surface area contributed by atoms with Crippen LogP contribution in [0.2, 0.25) is 0 Å². The highest BCUT2D eigenvalue weighted by Gasteiger charge is 2.18. The number of carbonyl (C=O) groups excluding carboxylic acids is 3. The first-order valence-electron chi connectivity index (χ1n) is 8.45. The molecule has 0 aromatic heterocycles. The molecule has 1 N–H and O–H groups in total. The quantitative estimate of drug-likeness (QED) is 0.695. The average molecular weight is 387 g/mol. The number of carbonyl (C=O) groups is 3. The van der Waals surface area contributed by atoms with Crippen molar-refractivity contribution in [3.05, 3.63) is 53.6 Å². The van der Waals surface area contributed by atoms with Crippen molar-refractivity contribution in [2.45, 2.75) is 6.92 Å². The summed E-state index contributed by atoms with van der Waals surface area (Å²) >= 11 is 0. The highest BCUT2D eigenvalue weighted by Crippen LogP contribution is 2.31. The molecule has 0 spiro atoms. The first kappa shape index (κ1) is 20.8. The highest BCUT2D eigenvalue weighted by molar-refractivity contribution is 5.97. The van der Waals surface area contributed by atoms with Crippen molar-refractivity contribution in [3.8, 4) is 11.5 Å².